The molecule has 1 heterocycles. The Kier molecular flexibility index (Phi) is 3.44. The molecule has 0 spiro atoms. The zero-order chi connectivity index (χ0) is 14.0. The van der Waals surface area contributed by atoms with Gasteiger partial charge in [-0.05, 0) is 37.1 Å². The average molecular weight is 273 g/mol. The molecule has 3 rings (SSSR count). The number of nitrogens with two attached hydrogens (primary N) is 1. The third kappa shape index (κ3) is 2.67. The number of nitrogens with zero attached hydrogens (tertiary/aromatic N) is 2. The normalized spacial score (nSPS) is 17.3. The summed E-state index contributed by atoms with van der Waals surface area (Å²) < 4.78 is 10.5. The summed E-state index contributed by atoms with van der Waals surface area (Å²) in [6.07, 6.45) is 5.11. The summed E-state index contributed by atoms with van der Waals surface area (Å²) in [7, 11) is 1.64. The standard InChI is InChI=1S/C15H19N3O2/c1-19-12-6-4-11(5-7-12)14-17-13(20-18-14)10-15(16)8-2-3-9-15/h4-7H,2-3,8-10,16H2,1H3. The van der Waals surface area contributed by atoms with Crippen LogP contribution in [0.25, 0.3) is 11.4 Å². The largest absolute Gasteiger partial charge is 0.497 e. The van der Waals surface area contributed by atoms with E-state index in [1.165, 1.54) is 12.8 Å². The third-order valence-corrected chi connectivity index (χ3v) is 3.92. The average Bonchev–Trinajstić information content (AvgIpc) is 3.09. The monoisotopic (exact) mass is 273 g/mol. The first kappa shape index (κ1) is 13.1. The van der Waals surface area contributed by atoms with Crippen LogP contribution in [-0.4, -0.2) is 22.8 Å². The molecule has 1 aliphatic carbocycles. The molecule has 1 aliphatic rings. The first-order valence-electron chi connectivity index (χ1n) is 6.94. The van der Waals surface area contributed by atoms with E-state index in [2.05, 4.69) is 10.1 Å². The highest BCUT2D eigenvalue weighted by Gasteiger charge is 2.31. The maximum atomic E-state index is 6.33. The van der Waals surface area contributed by atoms with Crippen LogP contribution in [0.1, 0.15) is 31.6 Å². The first-order chi connectivity index (χ1) is 9.68. The molecule has 0 aliphatic heterocycles. The van der Waals surface area contributed by atoms with Crippen molar-refractivity contribution < 1.29 is 9.26 Å². The summed E-state index contributed by atoms with van der Waals surface area (Å²) >= 11 is 0. The molecule has 0 radical (unpaired) electrons. The molecule has 0 atom stereocenters. The second-order valence-electron chi connectivity index (χ2n) is 5.49. The summed E-state index contributed by atoms with van der Waals surface area (Å²) in [4.78, 5) is 4.45. The molecule has 1 aromatic carbocycles. The molecule has 5 heteroatoms. The quantitative estimate of drug-likeness (QED) is 0.926. The van der Waals surface area contributed by atoms with Crippen LogP contribution >= 0.6 is 0 Å². The van der Waals surface area contributed by atoms with Gasteiger partial charge in [0.1, 0.15) is 5.75 Å². The molecule has 20 heavy (non-hydrogen) atoms. The van der Waals surface area contributed by atoms with E-state index in [0.717, 1.165) is 24.2 Å². The van der Waals surface area contributed by atoms with Crippen LogP contribution in [0.2, 0.25) is 0 Å². The number of benzene rings is 1. The van der Waals surface area contributed by atoms with Gasteiger partial charge in [-0.25, -0.2) is 0 Å². The summed E-state index contributed by atoms with van der Waals surface area (Å²) in [6, 6.07) is 7.60. The van der Waals surface area contributed by atoms with Crippen LogP contribution in [0.15, 0.2) is 28.8 Å². The lowest BCUT2D eigenvalue weighted by molar-refractivity contribution is 0.329. The third-order valence-electron chi connectivity index (χ3n) is 3.92. The Labute approximate surface area is 118 Å². The van der Waals surface area contributed by atoms with Gasteiger partial charge in [0, 0.05) is 17.5 Å². The van der Waals surface area contributed by atoms with Crippen LogP contribution in [0.4, 0.5) is 0 Å². The van der Waals surface area contributed by atoms with E-state index in [9.17, 15) is 0 Å². The predicted octanol–water partition coefficient (Wildman–Crippen LogP) is 2.56. The summed E-state index contributed by atoms with van der Waals surface area (Å²) in [5.74, 6) is 2.04. The van der Waals surface area contributed by atoms with Gasteiger partial charge in [0.05, 0.1) is 7.11 Å². The van der Waals surface area contributed by atoms with Gasteiger partial charge >= 0.3 is 0 Å². The molecule has 2 N–H and O–H groups in total. The number of hydrogen-bond acceptors (Lipinski definition) is 5. The van der Waals surface area contributed by atoms with Gasteiger partial charge in [-0.15, -0.1) is 0 Å². The number of rotatable bonds is 4. The van der Waals surface area contributed by atoms with E-state index in [0.29, 0.717) is 18.1 Å². The Morgan fingerprint density at radius 3 is 2.60 bits per heavy atom. The molecule has 1 fully saturated rings. The Hall–Kier alpha value is -1.88. The van der Waals surface area contributed by atoms with Crippen molar-refractivity contribution in [1.82, 2.24) is 10.1 Å². The molecule has 0 bridgehead atoms. The highest BCUT2D eigenvalue weighted by molar-refractivity contribution is 5.55. The minimum Gasteiger partial charge on any atom is -0.497 e. The first-order valence-corrected chi connectivity index (χ1v) is 6.94. The maximum absolute atomic E-state index is 6.33. The smallest absolute Gasteiger partial charge is 0.228 e. The molecule has 5 nitrogen and oxygen atoms in total. The molecule has 0 unspecified atom stereocenters. The van der Waals surface area contributed by atoms with Crippen LogP contribution in [0.3, 0.4) is 0 Å². The molecule has 106 valence electrons. The lowest BCUT2D eigenvalue weighted by Crippen LogP contribution is -2.38. The predicted molar refractivity (Wildman–Crippen MR) is 75.4 cm³/mol. The van der Waals surface area contributed by atoms with Gasteiger partial charge in [-0.1, -0.05) is 18.0 Å². The van der Waals surface area contributed by atoms with E-state index in [1.807, 2.05) is 24.3 Å². The molecular formula is C15H19N3O2. The zero-order valence-corrected chi connectivity index (χ0v) is 11.6. The second-order valence-corrected chi connectivity index (χ2v) is 5.49. The molecule has 1 saturated carbocycles. The molecule has 0 amide bonds. The number of aromatic nitrogens is 2. The summed E-state index contributed by atoms with van der Waals surface area (Å²) in [6.45, 7) is 0. The lowest BCUT2D eigenvalue weighted by atomic mass is 9.95. The van der Waals surface area contributed by atoms with E-state index in [-0.39, 0.29) is 5.54 Å². The van der Waals surface area contributed by atoms with Gasteiger partial charge < -0.3 is 15.0 Å². The number of ether oxygens (including phenoxy) is 1. The molecular weight excluding hydrogens is 254 g/mol. The fourth-order valence-corrected chi connectivity index (χ4v) is 2.74. The SMILES string of the molecule is COc1ccc(-c2noc(CC3(N)CCCC3)n2)cc1. The van der Waals surface area contributed by atoms with Gasteiger partial charge in [0.2, 0.25) is 11.7 Å². The Balaban J connectivity index is 1.75. The zero-order valence-electron chi connectivity index (χ0n) is 11.6. The van der Waals surface area contributed by atoms with Crippen molar-refractivity contribution in [2.45, 2.75) is 37.6 Å². The fraction of sp³-hybridized carbons (Fsp3) is 0.467. The van der Waals surface area contributed by atoms with E-state index >= 15 is 0 Å². The minimum absolute atomic E-state index is 0.163. The highest BCUT2D eigenvalue weighted by atomic mass is 16.5. The van der Waals surface area contributed by atoms with Crippen LogP contribution in [-0.2, 0) is 6.42 Å². The Morgan fingerprint density at radius 1 is 1.25 bits per heavy atom. The number of hydrogen-bond donors (Lipinski definition) is 1. The van der Waals surface area contributed by atoms with Crippen molar-refractivity contribution >= 4 is 0 Å². The van der Waals surface area contributed by atoms with Crippen LogP contribution < -0.4 is 10.5 Å². The van der Waals surface area contributed by atoms with Crippen molar-refractivity contribution in [3.05, 3.63) is 30.2 Å². The molecule has 0 saturated heterocycles. The topological polar surface area (TPSA) is 74.2 Å². The van der Waals surface area contributed by atoms with Gasteiger partial charge in [0.15, 0.2) is 0 Å². The Bertz CT molecular complexity index is 571. The van der Waals surface area contributed by atoms with Gasteiger partial charge in [0.25, 0.3) is 0 Å². The van der Waals surface area contributed by atoms with Crippen LogP contribution in [0.5, 0.6) is 5.75 Å². The van der Waals surface area contributed by atoms with Crippen molar-refractivity contribution in [3.8, 4) is 17.1 Å². The maximum Gasteiger partial charge on any atom is 0.228 e. The summed E-state index contributed by atoms with van der Waals surface area (Å²) in [5, 5.41) is 4.03. The highest BCUT2D eigenvalue weighted by Crippen LogP contribution is 2.30. The van der Waals surface area contributed by atoms with Crippen molar-refractivity contribution in [2.75, 3.05) is 7.11 Å². The van der Waals surface area contributed by atoms with E-state index in [1.54, 1.807) is 7.11 Å². The Morgan fingerprint density at radius 2 is 1.95 bits per heavy atom. The van der Waals surface area contributed by atoms with Crippen molar-refractivity contribution in [3.63, 3.8) is 0 Å². The van der Waals surface area contributed by atoms with Gasteiger partial charge in [-0.3, -0.25) is 0 Å². The van der Waals surface area contributed by atoms with Crippen molar-refractivity contribution in [2.24, 2.45) is 5.73 Å². The van der Waals surface area contributed by atoms with E-state index < -0.39 is 0 Å². The van der Waals surface area contributed by atoms with E-state index in [4.69, 9.17) is 15.0 Å². The second kappa shape index (κ2) is 5.25. The fourth-order valence-electron chi connectivity index (χ4n) is 2.74. The molecule has 1 aromatic heterocycles. The van der Waals surface area contributed by atoms with Crippen molar-refractivity contribution in [1.29, 1.82) is 0 Å². The lowest BCUT2D eigenvalue weighted by Gasteiger charge is -2.20. The molecule has 2 aromatic rings. The minimum atomic E-state index is -0.163. The summed E-state index contributed by atoms with van der Waals surface area (Å²) in [5.41, 5.74) is 7.08. The number of methoxy groups -OCH3 is 1. The van der Waals surface area contributed by atoms with Gasteiger partial charge in [-0.2, -0.15) is 4.98 Å². The van der Waals surface area contributed by atoms with Crippen LogP contribution in [0, 0.1) is 0 Å².